The Bertz CT molecular complexity index is 848. The third-order valence-corrected chi connectivity index (χ3v) is 5.08. The molecule has 1 N–H and O–H groups in total. The Morgan fingerprint density at radius 3 is 2.83 bits per heavy atom. The van der Waals surface area contributed by atoms with E-state index in [4.69, 9.17) is 4.42 Å². The van der Waals surface area contributed by atoms with Crippen LogP contribution in [-0.2, 0) is 10.2 Å². The van der Waals surface area contributed by atoms with Crippen LogP contribution < -0.4 is 5.32 Å². The molecule has 0 spiro atoms. The molecule has 1 fully saturated rings. The zero-order chi connectivity index (χ0) is 15.9. The van der Waals surface area contributed by atoms with Crippen molar-refractivity contribution in [3.05, 3.63) is 59.3 Å². The van der Waals surface area contributed by atoms with Crippen LogP contribution in [0.1, 0.15) is 23.3 Å². The highest BCUT2D eigenvalue weighted by molar-refractivity contribution is 7.15. The van der Waals surface area contributed by atoms with Gasteiger partial charge in [0.25, 0.3) is 0 Å². The average Bonchev–Trinajstić information content (AvgIpc) is 2.99. The second-order valence-electron chi connectivity index (χ2n) is 5.87. The van der Waals surface area contributed by atoms with Gasteiger partial charge in [0.2, 0.25) is 5.91 Å². The third kappa shape index (κ3) is 2.57. The van der Waals surface area contributed by atoms with Gasteiger partial charge in [-0.05, 0) is 43.5 Å². The molecule has 1 amide bonds. The van der Waals surface area contributed by atoms with Gasteiger partial charge in [-0.25, -0.2) is 4.98 Å². The SMILES string of the molecule is Cc1cnc(NC(=O)C2(c3cccc(-c4ccco4)c3)CC2)s1. The maximum Gasteiger partial charge on any atom is 0.236 e. The summed E-state index contributed by atoms with van der Waals surface area (Å²) < 4.78 is 5.46. The normalized spacial score (nSPS) is 15.3. The van der Waals surface area contributed by atoms with Crippen molar-refractivity contribution in [1.82, 2.24) is 4.98 Å². The van der Waals surface area contributed by atoms with Gasteiger partial charge in [0.15, 0.2) is 5.13 Å². The number of hydrogen-bond acceptors (Lipinski definition) is 4. The Balaban J connectivity index is 1.61. The molecule has 2 aromatic heterocycles. The van der Waals surface area contributed by atoms with Crippen LogP contribution in [0, 0.1) is 6.92 Å². The first-order valence-electron chi connectivity index (χ1n) is 7.56. The molecule has 3 aromatic rings. The van der Waals surface area contributed by atoms with Crippen molar-refractivity contribution >= 4 is 22.4 Å². The van der Waals surface area contributed by atoms with Gasteiger partial charge >= 0.3 is 0 Å². The first-order chi connectivity index (χ1) is 11.2. The zero-order valence-electron chi connectivity index (χ0n) is 12.7. The van der Waals surface area contributed by atoms with E-state index in [2.05, 4.69) is 16.4 Å². The second kappa shape index (κ2) is 5.35. The number of nitrogens with one attached hydrogen (secondary N) is 1. The number of rotatable bonds is 4. The quantitative estimate of drug-likeness (QED) is 0.775. The average molecular weight is 324 g/mol. The number of amides is 1. The van der Waals surface area contributed by atoms with Gasteiger partial charge in [-0.15, -0.1) is 11.3 Å². The topological polar surface area (TPSA) is 55.1 Å². The van der Waals surface area contributed by atoms with Crippen molar-refractivity contribution < 1.29 is 9.21 Å². The predicted molar refractivity (Wildman–Crippen MR) is 90.5 cm³/mol. The summed E-state index contributed by atoms with van der Waals surface area (Å²) in [4.78, 5) is 18.0. The molecule has 23 heavy (non-hydrogen) atoms. The Labute approximate surface area is 138 Å². The van der Waals surface area contributed by atoms with Crippen LogP contribution in [0.25, 0.3) is 11.3 Å². The molecule has 4 rings (SSSR count). The lowest BCUT2D eigenvalue weighted by Crippen LogP contribution is -2.27. The summed E-state index contributed by atoms with van der Waals surface area (Å²) in [5, 5.41) is 3.63. The lowest BCUT2D eigenvalue weighted by Gasteiger charge is -2.15. The fourth-order valence-electron chi connectivity index (χ4n) is 2.81. The van der Waals surface area contributed by atoms with Crippen LogP contribution in [0.15, 0.2) is 53.3 Å². The molecular weight excluding hydrogens is 308 g/mol. The number of carbonyl (C=O) groups excluding carboxylic acids is 1. The summed E-state index contributed by atoms with van der Waals surface area (Å²) in [7, 11) is 0. The van der Waals surface area contributed by atoms with Crippen LogP contribution in [-0.4, -0.2) is 10.9 Å². The van der Waals surface area contributed by atoms with Gasteiger partial charge in [-0.3, -0.25) is 4.79 Å². The van der Waals surface area contributed by atoms with E-state index >= 15 is 0 Å². The van der Waals surface area contributed by atoms with Crippen molar-refractivity contribution in [2.24, 2.45) is 0 Å². The number of aromatic nitrogens is 1. The molecule has 1 saturated carbocycles. The minimum Gasteiger partial charge on any atom is -0.464 e. The lowest BCUT2D eigenvalue weighted by atomic mass is 9.93. The fraction of sp³-hybridized carbons (Fsp3) is 0.222. The predicted octanol–water partition coefficient (Wildman–Crippen LogP) is 4.38. The molecule has 1 aliphatic rings. The number of furan rings is 1. The maximum atomic E-state index is 12.7. The second-order valence-corrected chi connectivity index (χ2v) is 7.11. The van der Waals surface area contributed by atoms with E-state index in [1.54, 1.807) is 12.5 Å². The van der Waals surface area contributed by atoms with Crippen LogP contribution in [0.2, 0.25) is 0 Å². The minimum absolute atomic E-state index is 0.0310. The Hall–Kier alpha value is -2.40. The van der Waals surface area contributed by atoms with E-state index < -0.39 is 5.41 Å². The number of nitrogens with zero attached hydrogens (tertiary/aromatic N) is 1. The van der Waals surface area contributed by atoms with Gasteiger partial charge in [-0.2, -0.15) is 0 Å². The van der Waals surface area contributed by atoms with E-state index in [-0.39, 0.29) is 5.91 Å². The molecular formula is C18H16N2O2S. The first kappa shape index (κ1) is 14.2. The summed E-state index contributed by atoms with van der Waals surface area (Å²) in [6.45, 7) is 1.98. The minimum atomic E-state index is -0.428. The summed E-state index contributed by atoms with van der Waals surface area (Å²) in [5.74, 6) is 0.849. The molecule has 5 heteroatoms. The van der Waals surface area contributed by atoms with Gasteiger partial charge in [0, 0.05) is 16.6 Å². The number of carbonyl (C=O) groups is 1. The van der Waals surface area contributed by atoms with Crippen LogP contribution in [0.4, 0.5) is 5.13 Å². The Morgan fingerprint density at radius 1 is 1.30 bits per heavy atom. The van der Waals surface area contributed by atoms with Gasteiger partial charge < -0.3 is 9.73 Å². The summed E-state index contributed by atoms with van der Waals surface area (Å²) in [5.41, 5.74) is 1.61. The van der Waals surface area contributed by atoms with E-state index in [0.29, 0.717) is 5.13 Å². The molecule has 0 unspecified atom stereocenters. The van der Waals surface area contributed by atoms with Crippen LogP contribution in [0.3, 0.4) is 0 Å². The number of aryl methyl sites for hydroxylation is 1. The molecule has 1 aromatic carbocycles. The molecule has 0 atom stereocenters. The van der Waals surface area contributed by atoms with E-state index in [1.165, 1.54) is 11.3 Å². The highest BCUT2D eigenvalue weighted by Gasteiger charge is 2.51. The molecule has 0 radical (unpaired) electrons. The highest BCUT2D eigenvalue weighted by atomic mass is 32.1. The van der Waals surface area contributed by atoms with Crippen LogP contribution >= 0.6 is 11.3 Å². The number of hydrogen-bond donors (Lipinski definition) is 1. The van der Waals surface area contributed by atoms with Gasteiger partial charge in [0.1, 0.15) is 5.76 Å². The van der Waals surface area contributed by atoms with E-state index in [9.17, 15) is 4.79 Å². The maximum absolute atomic E-state index is 12.7. The standard InChI is InChI=1S/C18H16N2O2S/c1-12-11-19-17(23-12)20-16(21)18(7-8-18)14-5-2-4-13(10-14)15-6-3-9-22-15/h2-6,9-11H,7-8H2,1H3,(H,19,20,21). The summed E-state index contributed by atoms with van der Waals surface area (Å²) in [6, 6.07) is 11.8. The molecule has 4 nitrogen and oxygen atoms in total. The Kier molecular flexibility index (Phi) is 3.31. The fourth-order valence-corrected chi connectivity index (χ4v) is 3.47. The smallest absolute Gasteiger partial charge is 0.236 e. The number of thiazole rings is 1. The molecule has 0 aliphatic heterocycles. The monoisotopic (exact) mass is 324 g/mol. The van der Waals surface area contributed by atoms with Crippen molar-refractivity contribution in [2.75, 3.05) is 5.32 Å². The Morgan fingerprint density at radius 2 is 2.17 bits per heavy atom. The number of anilines is 1. The highest BCUT2D eigenvalue weighted by Crippen LogP contribution is 2.49. The van der Waals surface area contributed by atoms with Crippen molar-refractivity contribution in [2.45, 2.75) is 25.2 Å². The molecule has 0 bridgehead atoms. The molecule has 0 saturated heterocycles. The van der Waals surface area contributed by atoms with Crippen molar-refractivity contribution in [1.29, 1.82) is 0 Å². The lowest BCUT2D eigenvalue weighted by molar-refractivity contribution is -0.118. The van der Waals surface area contributed by atoms with Crippen molar-refractivity contribution in [3.8, 4) is 11.3 Å². The number of benzene rings is 1. The molecule has 2 heterocycles. The largest absolute Gasteiger partial charge is 0.464 e. The van der Waals surface area contributed by atoms with E-state index in [0.717, 1.165) is 34.6 Å². The van der Waals surface area contributed by atoms with E-state index in [1.807, 2.05) is 37.3 Å². The molecule has 116 valence electrons. The van der Waals surface area contributed by atoms with Crippen LogP contribution in [0.5, 0.6) is 0 Å². The van der Waals surface area contributed by atoms with Gasteiger partial charge in [-0.1, -0.05) is 18.2 Å². The van der Waals surface area contributed by atoms with Crippen molar-refractivity contribution in [3.63, 3.8) is 0 Å². The molecule has 1 aliphatic carbocycles. The summed E-state index contributed by atoms with van der Waals surface area (Å²) in [6.07, 6.45) is 5.17. The van der Waals surface area contributed by atoms with Gasteiger partial charge in [0.05, 0.1) is 11.7 Å². The summed E-state index contributed by atoms with van der Waals surface area (Å²) >= 11 is 1.50. The first-order valence-corrected chi connectivity index (χ1v) is 8.37. The zero-order valence-corrected chi connectivity index (χ0v) is 13.5. The third-order valence-electron chi connectivity index (χ3n) is 4.25.